The third-order valence-corrected chi connectivity index (χ3v) is 4.32. The van der Waals surface area contributed by atoms with Gasteiger partial charge in [-0.3, -0.25) is 0 Å². The van der Waals surface area contributed by atoms with Crippen LogP contribution in [-0.4, -0.2) is 14.8 Å². The first-order valence-corrected chi connectivity index (χ1v) is 8.47. The number of hydrogen-bond acceptors (Lipinski definition) is 2. The summed E-state index contributed by atoms with van der Waals surface area (Å²) in [5, 5.41) is 9.66. The molecule has 0 radical (unpaired) electrons. The first kappa shape index (κ1) is 15.6. The molecule has 0 fully saturated rings. The van der Waals surface area contributed by atoms with Crippen molar-refractivity contribution >= 4 is 11.6 Å². The standard InChI is InChI=1S/C21H16ClN3/c22-19-13-11-16(12-14-19)15-25-20(17-7-3-1-4-8-17)23-24-21(25)18-9-5-2-6-10-18/h1-14H,15H2. The second-order valence-electron chi connectivity index (χ2n) is 5.79. The van der Waals surface area contributed by atoms with E-state index in [1.165, 1.54) is 0 Å². The number of rotatable bonds is 4. The van der Waals surface area contributed by atoms with Crippen LogP contribution < -0.4 is 0 Å². The van der Waals surface area contributed by atoms with Crippen molar-refractivity contribution in [3.63, 3.8) is 0 Å². The minimum Gasteiger partial charge on any atom is -0.303 e. The minimum absolute atomic E-state index is 0.679. The van der Waals surface area contributed by atoms with E-state index in [0.717, 1.165) is 33.4 Å². The molecule has 122 valence electrons. The van der Waals surface area contributed by atoms with Crippen LogP contribution in [0.25, 0.3) is 22.8 Å². The molecule has 4 aromatic rings. The smallest absolute Gasteiger partial charge is 0.164 e. The van der Waals surface area contributed by atoms with Gasteiger partial charge in [-0.25, -0.2) is 0 Å². The summed E-state index contributed by atoms with van der Waals surface area (Å²) in [5.74, 6) is 1.71. The molecule has 0 saturated carbocycles. The lowest BCUT2D eigenvalue weighted by atomic mass is 10.1. The molecular weight excluding hydrogens is 330 g/mol. The van der Waals surface area contributed by atoms with Crippen LogP contribution in [0.4, 0.5) is 0 Å². The van der Waals surface area contributed by atoms with Gasteiger partial charge in [-0.15, -0.1) is 10.2 Å². The summed E-state index contributed by atoms with van der Waals surface area (Å²) in [6, 6.07) is 28.1. The number of halogens is 1. The number of benzene rings is 3. The van der Waals surface area contributed by atoms with E-state index >= 15 is 0 Å². The average Bonchev–Trinajstić information content (AvgIpc) is 3.08. The van der Waals surface area contributed by atoms with Crippen LogP contribution in [0.5, 0.6) is 0 Å². The van der Waals surface area contributed by atoms with Crippen LogP contribution in [-0.2, 0) is 6.54 Å². The Labute approximate surface area is 151 Å². The SMILES string of the molecule is Clc1ccc(Cn2c(-c3ccccc3)nnc2-c2ccccc2)cc1. The Morgan fingerprint density at radius 3 is 1.60 bits per heavy atom. The summed E-state index contributed by atoms with van der Waals surface area (Å²) in [6.07, 6.45) is 0. The predicted molar refractivity (Wildman–Crippen MR) is 101 cm³/mol. The van der Waals surface area contributed by atoms with Crippen LogP contribution in [0.15, 0.2) is 84.9 Å². The van der Waals surface area contributed by atoms with Crippen molar-refractivity contribution in [3.05, 3.63) is 95.5 Å². The molecular formula is C21H16ClN3. The molecule has 1 heterocycles. The fourth-order valence-corrected chi connectivity index (χ4v) is 2.95. The minimum atomic E-state index is 0.679. The van der Waals surface area contributed by atoms with E-state index in [-0.39, 0.29) is 0 Å². The van der Waals surface area contributed by atoms with Crippen molar-refractivity contribution in [3.8, 4) is 22.8 Å². The Morgan fingerprint density at radius 1 is 0.640 bits per heavy atom. The molecule has 0 spiro atoms. The fraction of sp³-hybridized carbons (Fsp3) is 0.0476. The number of aromatic nitrogens is 3. The molecule has 25 heavy (non-hydrogen) atoms. The average molecular weight is 346 g/mol. The van der Waals surface area contributed by atoms with Crippen molar-refractivity contribution < 1.29 is 0 Å². The third kappa shape index (κ3) is 3.32. The lowest BCUT2D eigenvalue weighted by Gasteiger charge is -2.11. The monoisotopic (exact) mass is 345 g/mol. The van der Waals surface area contributed by atoms with Crippen LogP contribution in [0, 0.1) is 0 Å². The van der Waals surface area contributed by atoms with E-state index in [1.807, 2.05) is 60.7 Å². The zero-order valence-corrected chi connectivity index (χ0v) is 14.3. The summed E-state index contributed by atoms with van der Waals surface area (Å²) >= 11 is 6.02. The van der Waals surface area contributed by atoms with E-state index in [2.05, 4.69) is 39.0 Å². The molecule has 0 bridgehead atoms. The molecule has 4 heteroatoms. The number of hydrogen-bond donors (Lipinski definition) is 0. The van der Waals surface area contributed by atoms with Gasteiger partial charge < -0.3 is 4.57 Å². The molecule has 0 N–H and O–H groups in total. The van der Waals surface area contributed by atoms with Gasteiger partial charge in [0.15, 0.2) is 11.6 Å². The maximum Gasteiger partial charge on any atom is 0.164 e. The zero-order chi connectivity index (χ0) is 17.1. The molecule has 0 atom stereocenters. The van der Waals surface area contributed by atoms with Crippen LogP contribution in [0.3, 0.4) is 0 Å². The van der Waals surface area contributed by atoms with Crippen molar-refractivity contribution in [2.24, 2.45) is 0 Å². The normalized spacial score (nSPS) is 10.8. The van der Waals surface area contributed by atoms with Gasteiger partial charge in [0, 0.05) is 16.1 Å². The molecule has 0 unspecified atom stereocenters. The van der Waals surface area contributed by atoms with E-state index in [4.69, 9.17) is 11.6 Å². The fourth-order valence-electron chi connectivity index (χ4n) is 2.83. The van der Waals surface area contributed by atoms with Gasteiger partial charge in [0.25, 0.3) is 0 Å². The third-order valence-electron chi connectivity index (χ3n) is 4.07. The van der Waals surface area contributed by atoms with Crippen LogP contribution in [0.2, 0.25) is 5.02 Å². The first-order chi connectivity index (χ1) is 12.3. The summed E-state index contributed by atoms with van der Waals surface area (Å²) in [6.45, 7) is 0.679. The van der Waals surface area contributed by atoms with Gasteiger partial charge >= 0.3 is 0 Å². The van der Waals surface area contributed by atoms with Crippen molar-refractivity contribution in [1.82, 2.24) is 14.8 Å². The lowest BCUT2D eigenvalue weighted by molar-refractivity contribution is 0.812. The van der Waals surface area contributed by atoms with Crippen molar-refractivity contribution in [2.45, 2.75) is 6.54 Å². The molecule has 3 nitrogen and oxygen atoms in total. The molecule has 0 aliphatic carbocycles. The Bertz CT molecular complexity index is 904. The van der Waals surface area contributed by atoms with Crippen LogP contribution in [0.1, 0.15) is 5.56 Å². The van der Waals surface area contributed by atoms with Gasteiger partial charge in [0.1, 0.15) is 0 Å². The van der Waals surface area contributed by atoms with Gasteiger partial charge in [-0.1, -0.05) is 84.4 Å². The quantitative estimate of drug-likeness (QED) is 0.501. The summed E-state index contributed by atoms with van der Waals surface area (Å²) in [5.41, 5.74) is 3.25. The highest BCUT2D eigenvalue weighted by molar-refractivity contribution is 6.30. The highest BCUT2D eigenvalue weighted by Gasteiger charge is 2.15. The molecule has 1 aromatic heterocycles. The Hall–Kier alpha value is -2.91. The van der Waals surface area contributed by atoms with Crippen molar-refractivity contribution in [1.29, 1.82) is 0 Å². The van der Waals surface area contributed by atoms with Gasteiger partial charge in [-0.05, 0) is 17.7 Å². The lowest BCUT2D eigenvalue weighted by Crippen LogP contribution is -2.04. The van der Waals surface area contributed by atoms with Crippen LogP contribution >= 0.6 is 11.6 Å². The largest absolute Gasteiger partial charge is 0.303 e. The first-order valence-electron chi connectivity index (χ1n) is 8.10. The molecule has 3 aromatic carbocycles. The van der Waals surface area contributed by atoms with E-state index in [0.29, 0.717) is 6.54 Å². The maximum absolute atomic E-state index is 6.02. The summed E-state index contributed by atoms with van der Waals surface area (Å²) in [4.78, 5) is 0. The highest BCUT2D eigenvalue weighted by atomic mass is 35.5. The Balaban J connectivity index is 1.83. The second-order valence-corrected chi connectivity index (χ2v) is 6.23. The molecule has 4 rings (SSSR count). The van der Waals surface area contributed by atoms with Gasteiger partial charge in [-0.2, -0.15) is 0 Å². The van der Waals surface area contributed by atoms with Gasteiger partial charge in [0.05, 0.1) is 6.54 Å². The molecule has 0 aliphatic rings. The summed E-state index contributed by atoms with van der Waals surface area (Å²) in [7, 11) is 0. The van der Waals surface area contributed by atoms with Gasteiger partial charge in [0.2, 0.25) is 0 Å². The Morgan fingerprint density at radius 2 is 1.12 bits per heavy atom. The van der Waals surface area contributed by atoms with E-state index in [9.17, 15) is 0 Å². The zero-order valence-electron chi connectivity index (χ0n) is 13.5. The maximum atomic E-state index is 6.02. The topological polar surface area (TPSA) is 30.7 Å². The van der Waals surface area contributed by atoms with E-state index in [1.54, 1.807) is 0 Å². The highest BCUT2D eigenvalue weighted by Crippen LogP contribution is 2.25. The molecule has 0 aliphatic heterocycles. The number of nitrogens with zero attached hydrogens (tertiary/aromatic N) is 3. The van der Waals surface area contributed by atoms with E-state index < -0.39 is 0 Å². The molecule has 0 amide bonds. The predicted octanol–water partition coefficient (Wildman–Crippen LogP) is 5.31. The van der Waals surface area contributed by atoms with Crippen molar-refractivity contribution in [2.75, 3.05) is 0 Å². The second kappa shape index (κ2) is 6.91. The Kier molecular flexibility index (Phi) is 4.32. The summed E-state index contributed by atoms with van der Waals surface area (Å²) < 4.78 is 2.15. The molecule has 0 saturated heterocycles.